The molecule has 4 nitrogen and oxygen atoms in total. The summed E-state index contributed by atoms with van der Waals surface area (Å²) >= 11 is 5.85. The van der Waals surface area contributed by atoms with Crippen molar-refractivity contribution in [1.29, 1.82) is 0 Å². The molecule has 2 rings (SSSR count). The summed E-state index contributed by atoms with van der Waals surface area (Å²) in [5.41, 5.74) is 1.41. The van der Waals surface area contributed by atoms with Gasteiger partial charge in [-0.25, -0.2) is 4.98 Å². The lowest BCUT2D eigenvalue weighted by atomic mass is 10.0. The average molecular weight is 251 g/mol. The molecule has 0 atom stereocenters. The highest BCUT2D eigenvalue weighted by atomic mass is 35.5. The molecule has 17 heavy (non-hydrogen) atoms. The third kappa shape index (κ3) is 1.85. The quantitative estimate of drug-likeness (QED) is 0.575. The largest absolute Gasteiger partial charge is 0.294 e. The summed E-state index contributed by atoms with van der Waals surface area (Å²) in [6.07, 6.45) is 0. The van der Waals surface area contributed by atoms with E-state index in [0.29, 0.717) is 16.5 Å². The highest BCUT2D eigenvalue weighted by Crippen LogP contribution is 2.18. The van der Waals surface area contributed by atoms with Gasteiger partial charge in [0.05, 0.1) is 10.9 Å². The van der Waals surface area contributed by atoms with E-state index in [1.54, 1.807) is 19.2 Å². The van der Waals surface area contributed by atoms with Crippen LogP contribution in [0.25, 0.3) is 10.9 Å². The normalized spacial score (nSPS) is 10.8. The Morgan fingerprint density at radius 2 is 2.06 bits per heavy atom. The number of ketones is 1. The van der Waals surface area contributed by atoms with Gasteiger partial charge in [-0.1, -0.05) is 0 Å². The Morgan fingerprint density at radius 3 is 2.65 bits per heavy atom. The van der Waals surface area contributed by atoms with Gasteiger partial charge in [-0.2, -0.15) is 0 Å². The predicted octanol–water partition coefficient (Wildman–Crippen LogP) is 2.10. The molecule has 0 N–H and O–H groups in total. The highest BCUT2D eigenvalue weighted by molar-refractivity contribution is 6.28. The first-order valence-corrected chi connectivity index (χ1v) is 5.47. The Bertz CT molecular complexity index is 689. The van der Waals surface area contributed by atoms with E-state index in [2.05, 4.69) is 4.98 Å². The first-order valence-electron chi connectivity index (χ1n) is 5.09. The van der Waals surface area contributed by atoms with Gasteiger partial charge >= 0.3 is 0 Å². The van der Waals surface area contributed by atoms with Crippen molar-refractivity contribution in [2.45, 2.75) is 13.8 Å². The maximum atomic E-state index is 12.0. The molecule has 2 aromatic rings. The van der Waals surface area contributed by atoms with E-state index in [1.807, 2.05) is 6.92 Å². The first-order chi connectivity index (χ1) is 7.91. The Balaban J connectivity index is 3.05. The summed E-state index contributed by atoms with van der Waals surface area (Å²) < 4.78 is 1.26. The van der Waals surface area contributed by atoms with Crippen LogP contribution in [0.15, 0.2) is 16.9 Å². The lowest BCUT2D eigenvalue weighted by molar-refractivity contribution is 0.101. The molecule has 88 valence electrons. The molecule has 0 aliphatic rings. The molecule has 0 unspecified atom stereocenters. The zero-order valence-corrected chi connectivity index (χ0v) is 10.5. The summed E-state index contributed by atoms with van der Waals surface area (Å²) in [6.45, 7) is 3.28. The average Bonchev–Trinajstić information content (AvgIpc) is 2.26. The zero-order chi connectivity index (χ0) is 12.7. The minimum absolute atomic E-state index is 0.0776. The number of aromatic nitrogens is 2. The van der Waals surface area contributed by atoms with Crippen molar-refractivity contribution in [3.8, 4) is 0 Å². The van der Waals surface area contributed by atoms with Crippen LogP contribution in [0.1, 0.15) is 22.8 Å². The van der Waals surface area contributed by atoms with Crippen molar-refractivity contribution in [3.63, 3.8) is 0 Å². The SMILES string of the molecule is CC(=O)c1cc(C)cc2c(=O)n(C)c(Cl)nc12. The lowest BCUT2D eigenvalue weighted by Crippen LogP contribution is -2.19. The number of rotatable bonds is 1. The minimum atomic E-state index is -0.244. The Hall–Kier alpha value is -1.68. The molecule has 0 amide bonds. The molecule has 0 bridgehead atoms. The fraction of sp³-hybridized carbons (Fsp3) is 0.250. The smallest absolute Gasteiger partial charge is 0.262 e. The van der Waals surface area contributed by atoms with Gasteiger partial charge in [-0.15, -0.1) is 0 Å². The molecule has 0 saturated heterocycles. The van der Waals surface area contributed by atoms with E-state index in [0.717, 1.165) is 5.56 Å². The number of fused-ring (bicyclic) bond motifs is 1. The lowest BCUT2D eigenvalue weighted by Gasteiger charge is -2.07. The number of carbonyl (C=O) groups is 1. The molecule has 0 saturated carbocycles. The van der Waals surface area contributed by atoms with E-state index in [-0.39, 0.29) is 16.6 Å². The van der Waals surface area contributed by atoms with Crippen LogP contribution >= 0.6 is 11.6 Å². The zero-order valence-electron chi connectivity index (χ0n) is 9.74. The molecule has 0 spiro atoms. The van der Waals surface area contributed by atoms with Crippen LogP contribution < -0.4 is 5.56 Å². The maximum absolute atomic E-state index is 12.0. The van der Waals surface area contributed by atoms with Crippen molar-refractivity contribution < 1.29 is 4.79 Å². The van der Waals surface area contributed by atoms with Crippen molar-refractivity contribution in [2.75, 3.05) is 0 Å². The molecule has 0 fully saturated rings. The number of aryl methyl sites for hydroxylation is 1. The second kappa shape index (κ2) is 3.96. The Labute approximate surface area is 103 Å². The van der Waals surface area contributed by atoms with E-state index in [9.17, 15) is 9.59 Å². The fourth-order valence-electron chi connectivity index (χ4n) is 1.76. The van der Waals surface area contributed by atoms with E-state index in [1.165, 1.54) is 11.5 Å². The molecule has 0 radical (unpaired) electrons. The number of hydrogen-bond acceptors (Lipinski definition) is 3. The van der Waals surface area contributed by atoms with Gasteiger partial charge < -0.3 is 0 Å². The van der Waals surface area contributed by atoms with Crippen molar-refractivity contribution >= 4 is 28.3 Å². The molecule has 1 heterocycles. The van der Waals surface area contributed by atoms with Crippen LogP contribution in [-0.2, 0) is 7.05 Å². The highest BCUT2D eigenvalue weighted by Gasteiger charge is 2.13. The summed E-state index contributed by atoms with van der Waals surface area (Å²) in [5.74, 6) is -0.129. The van der Waals surface area contributed by atoms with E-state index >= 15 is 0 Å². The summed E-state index contributed by atoms with van der Waals surface area (Å²) in [5, 5.41) is 0.496. The third-order valence-corrected chi connectivity index (χ3v) is 2.99. The van der Waals surface area contributed by atoms with Gasteiger partial charge in [0.1, 0.15) is 0 Å². The van der Waals surface area contributed by atoms with Crippen LogP contribution in [-0.4, -0.2) is 15.3 Å². The molecule has 1 aromatic heterocycles. The van der Waals surface area contributed by atoms with Gasteiger partial charge in [0.15, 0.2) is 5.78 Å². The van der Waals surface area contributed by atoms with Gasteiger partial charge in [0, 0.05) is 12.6 Å². The van der Waals surface area contributed by atoms with E-state index < -0.39 is 0 Å². The van der Waals surface area contributed by atoms with Crippen LogP contribution in [0.2, 0.25) is 5.28 Å². The van der Waals surface area contributed by atoms with Crippen LogP contribution in [0.5, 0.6) is 0 Å². The van der Waals surface area contributed by atoms with Crippen molar-refractivity contribution in [3.05, 3.63) is 38.9 Å². The van der Waals surface area contributed by atoms with Crippen molar-refractivity contribution in [2.24, 2.45) is 7.05 Å². The monoisotopic (exact) mass is 250 g/mol. The molecule has 5 heteroatoms. The Kier molecular flexibility index (Phi) is 2.75. The van der Waals surface area contributed by atoms with Gasteiger partial charge in [0.2, 0.25) is 5.28 Å². The van der Waals surface area contributed by atoms with Crippen LogP contribution in [0.3, 0.4) is 0 Å². The number of hydrogen-bond donors (Lipinski definition) is 0. The van der Waals surface area contributed by atoms with Crippen LogP contribution in [0, 0.1) is 6.92 Å². The summed E-state index contributed by atoms with van der Waals surface area (Å²) in [4.78, 5) is 27.6. The van der Waals surface area contributed by atoms with Gasteiger partial charge in [0.25, 0.3) is 5.56 Å². The maximum Gasteiger partial charge on any atom is 0.262 e. The molecular formula is C12H11ClN2O2. The molecule has 0 aliphatic heterocycles. The number of nitrogens with zero attached hydrogens (tertiary/aromatic N) is 2. The fourth-order valence-corrected chi connectivity index (χ4v) is 1.92. The standard InChI is InChI=1S/C12H11ClN2O2/c1-6-4-8(7(2)16)10-9(5-6)11(17)15(3)12(13)14-10/h4-5H,1-3H3. The first kappa shape index (κ1) is 11.8. The Morgan fingerprint density at radius 1 is 1.41 bits per heavy atom. The van der Waals surface area contributed by atoms with Crippen LogP contribution in [0.4, 0.5) is 0 Å². The second-order valence-electron chi connectivity index (χ2n) is 4.01. The number of halogens is 1. The molecule has 0 aliphatic carbocycles. The molecule has 1 aromatic carbocycles. The summed E-state index contributed by atoms with van der Waals surface area (Å²) in [6, 6.07) is 3.43. The summed E-state index contributed by atoms with van der Waals surface area (Å²) in [7, 11) is 1.55. The molecular weight excluding hydrogens is 240 g/mol. The minimum Gasteiger partial charge on any atom is -0.294 e. The van der Waals surface area contributed by atoms with Gasteiger partial charge in [-0.05, 0) is 43.1 Å². The topological polar surface area (TPSA) is 52.0 Å². The number of Topliss-reactive ketones (excluding diaryl/α,β-unsaturated/α-hetero) is 1. The van der Waals surface area contributed by atoms with Gasteiger partial charge in [-0.3, -0.25) is 14.2 Å². The third-order valence-electron chi connectivity index (χ3n) is 2.65. The van der Waals surface area contributed by atoms with Crippen molar-refractivity contribution in [1.82, 2.24) is 9.55 Å². The second-order valence-corrected chi connectivity index (χ2v) is 4.35. The van der Waals surface area contributed by atoms with E-state index in [4.69, 9.17) is 11.6 Å². The predicted molar refractivity (Wildman–Crippen MR) is 66.7 cm³/mol. The number of carbonyl (C=O) groups excluding carboxylic acids is 1. The number of benzene rings is 1.